The van der Waals surface area contributed by atoms with E-state index in [0.717, 1.165) is 48.7 Å². The Morgan fingerprint density at radius 2 is 1.81 bits per heavy atom. The first-order valence-corrected chi connectivity index (χ1v) is 13.1. The number of fused-ring (bicyclic) bond motifs is 2. The summed E-state index contributed by atoms with van der Waals surface area (Å²) in [7, 11) is 5.87. The molecular formula is C31H36N2O4. The number of nitrogens with zero attached hydrogens (tertiary/aromatic N) is 2. The van der Waals surface area contributed by atoms with Crippen LogP contribution >= 0.6 is 0 Å². The van der Waals surface area contributed by atoms with E-state index in [1.165, 1.54) is 6.92 Å². The van der Waals surface area contributed by atoms with Crippen LogP contribution in [-0.2, 0) is 14.9 Å². The maximum Gasteiger partial charge on any atom is 0.308 e. The molecule has 4 atom stereocenters. The second-order valence-electron chi connectivity index (χ2n) is 10.7. The van der Waals surface area contributed by atoms with Crippen molar-refractivity contribution >= 4 is 22.6 Å². The number of amides is 1. The van der Waals surface area contributed by atoms with Gasteiger partial charge in [0, 0.05) is 50.6 Å². The van der Waals surface area contributed by atoms with E-state index in [1.54, 1.807) is 7.11 Å². The standard InChI is InChI=1S/C31H36N2O4/c1-21(34)37-27-11-7-10-25(17-27)31-14-15-32(2)20-28(31)29(36-4)18-26(19-31)33(3)30(35)24-13-12-22-8-5-6-9-23(22)16-24/h5-13,16-17,26,28-29H,14-15,18-20H2,1-4H3/t26-,28+,29?,31+/m1/s1. The van der Waals surface area contributed by atoms with Gasteiger partial charge in [0.25, 0.3) is 5.91 Å². The first-order valence-electron chi connectivity index (χ1n) is 13.1. The lowest BCUT2D eigenvalue weighted by atomic mass is 9.56. The Hall–Kier alpha value is -3.22. The number of esters is 1. The van der Waals surface area contributed by atoms with Gasteiger partial charge in [-0.1, -0.05) is 42.5 Å². The van der Waals surface area contributed by atoms with Crippen LogP contribution in [0.1, 0.15) is 42.1 Å². The molecule has 0 N–H and O–H groups in total. The molecule has 37 heavy (non-hydrogen) atoms. The molecule has 1 saturated heterocycles. The zero-order chi connectivity index (χ0) is 26.2. The molecule has 1 saturated carbocycles. The van der Waals surface area contributed by atoms with E-state index in [9.17, 15) is 9.59 Å². The number of hydrogen-bond donors (Lipinski definition) is 0. The van der Waals surface area contributed by atoms with Crippen LogP contribution in [0.4, 0.5) is 0 Å². The Balaban J connectivity index is 1.50. The second kappa shape index (κ2) is 10.3. The predicted octanol–water partition coefficient (Wildman–Crippen LogP) is 4.90. The zero-order valence-electron chi connectivity index (χ0n) is 22.1. The maximum atomic E-state index is 13.7. The van der Waals surface area contributed by atoms with Gasteiger partial charge in [0.05, 0.1) is 6.10 Å². The van der Waals surface area contributed by atoms with E-state index >= 15 is 0 Å². The van der Waals surface area contributed by atoms with Crippen LogP contribution in [0.5, 0.6) is 5.75 Å². The molecule has 3 aromatic rings. The molecule has 3 aromatic carbocycles. The van der Waals surface area contributed by atoms with Gasteiger partial charge in [-0.25, -0.2) is 0 Å². The molecule has 6 nitrogen and oxygen atoms in total. The number of carbonyl (C=O) groups excluding carboxylic acids is 2. The predicted molar refractivity (Wildman–Crippen MR) is 145 cm³/mol. The summed E-state index contributed by atoms with van der Waals surface area (Å²) in [5.74, 6) is 0.533. The summed E-state index contributed by atoms with van der Waals surface area (Å²) < 4.78 is 11.6. The highest BCUT2D eigenvalue weighted by atomic mass is 16.5. The number of carbonyl (C=O) groups is 2. The van der Waals surface area contributed by atoms with Gasteiger partial charge in [0.15, 0.2) is 0 Å². The van der Waals surface area contributed by atoms with Crippen LogP contribution in [0, 0.1) is 5.92 Å². The fraction of sp³-hybridized carbons (Fsp3) is 0.419. The van der Waals surface area contributed by atoms with Gasteiger partial charge in [0.2, 0.25) is 0 Å². The Morgan fingerprint density at radius 3 is 2.57 bits per heavy atom. The quantitative estimate of drug-likeness (QED) is 0.368. The molecule has 194 valence electrons. The van der Waals surface area contributed by atoms with Crippen LogP contribution < -0.4 is 4.74 Å². The van der Waals surface area contributed by atoms with Crippen molar-refractivity contribution in [1.82, 2.24) is 9.80 Å². The Morgan fingerprint density at radius 1 is 1.03 bits per heavy atom. The average molecular weight is 501 g/mol. The normalized spacial score (nSPS) is 25.9. The molecule has 2 aliphatic rings. The summed E-state index contributed by atoms with van der Waals surface area (Å²) in [6, 6.07) is 22.0. The fourth-order valence-corrected chi connectivity index (χ4v) is 6.60. The number of ether oxygens (including phenoxy) is 2. The van der Waals surface area contributed by atoms with E-state index in [0.29, 0.717) is 11.3 Å². The molecule has 0 radical (unpaired) electrons. The molecule has 1 aliphatic carbocycles. The van der Waals surface area contributed by atoms with Gasteiger partial charge in [-0.3, -0.25) is 9.59 Å². The van der Waals surface area contributed by atoms with Gasteiger partial charge in [-0.15, -0.1) is 0 Å². The molecule has 1 unspecified atom stereocenters. The summed E-state index contributed by atoms with van der Waals surface area (Å²) >= 11 is 0. The van der Waals surface area contributed by atoms with E-state index in [4.69, 9.17) is 9.47 Å². The topological polar surface area (TPSA) is 59.1 Å². The molecular weight excluding hydrogens is 464 g/mol. The van der Waals surface area contributed by atoms with Crippen molar-refractivity contribution < 1.29 is 19.1 Å². The SMILES string of the molecule is COC1C[C@@H](N(C)C(=O)c2ccc3ccccc3c2)C[C@]2(c3cccc(OC(C)=O)c3)CCN(C)C[C@@H]12. The molecule has 1 aliphatic heterocycles. The van der Waals surface area contributed by atoms with E-state index in [2.05, 4.69) is 24.1 Å². The van der Waals surface area contributed by atoms with Crippen molar-refractivity contribution in [2.24, 2.45) is 5.92 Å². The monoisotopic (exact) mass is 500 g/mol. The summed E-state index contributed by atoms with van der Waals surface area (Å²) in [6.45, 7) is 3.30. The summed E-state index contributed by atoms with van der Waals surface area (Å²) in [5, 5.41) is 2.19. The summed E-state index contributed by atoms with van der Waals surface area (Å²) in [5.41, 5.74) is 1.67. The molecule has 0 aromatic heterocycles. The van der Waals surface area contributed by atoms with Crippen molar-refractivity contribution in [2.45, 2.75) is 43.7 Å². The Bertz CT molecular complexity index is 1310. The van der Waals surface area contributed by atoms with Crippen LogP contribution in [0.25, 0.3) is 10.8 Å². The van der Waals surface area contributed by atoms with Gasteiger partial charge in [-0.2, -0.15) is 0 Å². The summed E-state index contributed by atoms with van der Waals surface area (Å²) in [6.07, 6.45) is 2.58. The lowest BCUT2D eigenvalue weighted by molar-refractivity contribution is -0.131. The number of benzene rings is 3. The fourth-order valence-electron chi connectivity index (χ4n) is 6.60. The van der Waals surface area contributed by atoms with Crippen molar-refractivity contribution in [3.8, 4) is 5.75 Å². The van der Waals surface area contributed by atoms with E-state index in [-0.39, 0.29) is 35.4 Å². The largest absolute Gasteiger partial charge is 0.427 e. The van der Waals surface area contributed by atoms with Gasteiger partial charge < -0.3 is 19.3 Å². The van der Waals surface area contributed by atoms with Crippen LogP contribution in [0.2, 0.25) is 0 Å². The minimum atomic E-state index is -0.327. The molecule has 6 heteroatoms. The molecule has 1 heterocycles. The first-order chi connectivity index (χ1) is 17.8. The lowest BCUT2D eigenvalue weighted by Crippen LogP contribution is -2.61. The molecule has 5 rings (SSSR count). The Labute approximate surface area is 219 Å². The third kappa shape index (κ3) is 4.88. The van der Waals surface area contributed by atoms with Crippen LogP contribution in [-0.4, -0.2) is 68.1 Å². The van der Waals surface area contributed by atoms with Gasteiger partial charge >= 0.3 is 5.97 Å². The highest BCUT2D eigenvalue weighted by Gasteiger charge is 2.53. The molecule has 0 bridgehead atoms. The van der Waals surface area contributed by atoms with Gasteiger partial charge in [-0.05, 0) is 73.5 Å². The molecule has 2 fully saturated rings. The number of rotatable bonds is 5. The molecule has 0 spiro atoms. The smallest absolute Gasteiger partial charge is 0.308 e. The molecule has 1 amide bonds. The number of piperidine rings is 1. The first kappa shape index (κ1) is 25.4. The second-order valence-corrected chi connectivity index (χ2v) is 10.7. The van der Waals surface area contributed by atoms with Crippen LogP contribution in [0.3, 0.4) is 0 Å². The maximum absolute atomic E-state index is 13.7. The highest BCUT2D eigenvalue weighted by Crippen LogP contribution is 2.51. The average Bonchev–Trinajstić information content (AvgIpc) is 2.91. The number of hydrogen-bond acceptors (Lipinski definition) is 5. The van der Waals surface area contributed by atoms with Crippen molar-refractivity contribution in [1.29, 1.82) is 0 Å². The van der Waals surface area contributed by atoms with E-state index < -0.39 is 0 Å². The zero-order valence-corrected chi connectivity index (χ0v) is 22.1. The van der Waals surface area contributed by atoms with Crippen molar-refractivity contribution in [2.75, 3.05) is 34.3 Å². The number of likely N-dealkylation sites (tertiary alicyclic amines) is 1. The van der Waals surface area contributed by atoms with Crippen molar-refractivity contribution in [3.63, 3.8) is 0 Å². The highest BCUT2D eigenvalue weighted by molar-refractivity contribution is 5.98. The minimum absolute atomic E-state index is 0.00531. The van der Waals surface area contributed by atoms with Gasteiger partial charge in [0.1, 0.15) is 5.75 Å². The van der Waals surface area contributed by atoms with Crippen molar-refractivity contribution in [3.05, 3.63) is 77.9 Å². The summed E-state index contributed by atoms with van der Waals surface area (Å²) in [4.78, 5) is 29.7. The number of methoxy groups -OCH3 is 1. The third-order valence-corrected chi connectivity index (χ3v) is 8.55. The minimum Gasteiger partial charge on any atom is -0.427 e. The van der Waals surface area contributed by atoms with E-state index in [1.807, 2.05) is 66.5 Å². The van der Waals surface area contributed by atoms with Crippen LogP contribution in [0.15, 0.2) is 66.7 Å². The third-order valence-electron chi connectivity index (χ3n) is 8.55. The Kier molecular flexibility index (Phi) is 7.06. The lowest BCUT2D eigenvalue weighted by Gasteiger charge is -2.56.